The molecule has 1 N–H and O–H groups in total. The van der Waals surface area contributed by atoms with Crippen molar-refractivity contribution in [3.8, 4) is 11.5 Å². The van der Waals surface area contributed by atoms with Gasteiger partial charge in [0.2, 0.25) is 0 Å². The normalized spacial score (nSPS) is 10.9. The average molecular weight is 184 g/mol. The van der Waals surface area contributed by atoms with Crippen LogP contribution in [0.1, 0.15) is 0 Å². The summed E-state index contributed by atoms with van der Waals surface area (Å²) in [6.45, 7) is 0. The summed E-state index contributed by atoms with van der Waals surface area (Å²) in [6.07, 6.45) is 3.13. The lowest BCUT2D eigenvalue weighted by molar-refractivity contribution is 0.570. The Hall–Kier alpha value is -2.03. The molecule has 0 aliphatic carbocycles. The molecule has 0 fully saturated rings. The Labute approximate surface area is 80.4 Å². The fourth-order valence-electron chi connectivity index (χ4n) is 1.55. The second kappa shape index (κ2) is 2.73. The van der Waals surface area contributed by atoms with Crippen molar-refractivity contribution in [2.45, 2.75) is 0 Å². The molecular weight excluding hydrogens is 176 g/mol. The fraction of sp³-hybridized carbons (Fsp3) is 0. The molecule has 2 heterocycles. The Morgan fingerprint density at radius 2 is 2.14 bits per heavy atom. The lowest BCUT2D eigenvalue weighted by Crippen LogP contribution is -1.70. The van der Waals surface area contributed by atoms with Crippen LogP contribution in [0.2, 0.25) is 0 Å². The maximum absolute atomic E-state index is 5.21. The van der Waals surface area contributed by atoms with Crippen molar-refractivity contribution in [2.75, 3.05) is 0 Å². The summed E-state index contributed by atoms with van der Waals surface area (Å²) in [7, 11) is 0. The molecule has 0 atom stereocenters. The van der Waals surface area contributed by atoms with E-state index in [4.69, 9.17) is 4.42 Å². The predicted octanol–water partition coefficient (Wildman–Crippen LogP) is 2.82. The molecule has 0 radical (unpaired) electrons. The van der Waals surface area contributed by atoms with Crippen LogP contribution in [-0.4, -0.2) is 9.97 Å². The van der Waals surface area contributed by atoms with E-state index in [0.717, 1.165) is 17.0 Å². The topological polar surface area (TPSA) is 41.8 Å². The van der Waals surface area contributed by atoms with E-state index in [0.29, 0.717) is 0 Å². The molecule has 0 aliphatic heterocycles. The fourth-order valence-corrected chi connectivity index (χ4v) is 1.55. The Morgan fingerprint density at radius 1 is 1.21 bits per heavy atom. The second-order valence-electron chi connectivity index (χ2n) is 3.14. The monoisotopic (exact) mass is 184 g/mol. The maximum Gasteiger partial charge on any atom is 0.181 e. The lowest BCUT2D eigenvalue weighted by Gasteiger charge is -1.86. The van der Waals surface area contributed by atoms with Gasteiger partial charge in [-0.3, -0.25) is 0 Å². The number of oxazole rings is 1. The largest absolute Gasteiger partial charge is 0.442 e. The number of hydrogen-bond acceptors (Lipinski definition) is 2. The highest BCUT2D eigenvalue weighted by Crippen LogP contribution is 2.23. The zero-order valence-electron chi connectivity index (χ0n) is 7.40. The van der Waals surface area contributed by atoms with Gasteiger partial charge in [0, 0.05) is 10.9 Å². The van der Waals surface area contributed by atoms with Crippen molar-refractivity contribution >= 4 is 10.9 Å². The van der Waals surface area contributed by atoms with E-state index in [2.05, 4.69) is 22.1 Å². The van der Waals surface area contributed by atoms with Crippen molar-refractivity contribution in [1.29, 1.82) is 0 Å². The minimum atomic E-state index is 0.765. The first-order chi connectivity index (χ1) is 6.93. The van der Waals surface area contributed by atoms with Gasteiger partial charge >= 0.3 is 0 Å². The number of hydrogen-bond donors (Lipinski definition) is 1. The van der Waals surface area contributed by atoms with Crippen molar-refractivity contribution < 1.29 is 4.42 Å². The van der Waals surface area contributed by atoms with E-state index in [1.807, 2.05) is 18.2 Å². The number of rotatable bonds is 1. The minimum absolute atomic E-state index is 0.765. The van der Waals surface area contributed by atoms with Gasteiger partial charge in [-0.05, 0) is 12.1 Å². The Morgan fingerprint density at radius 3 is 2.93 bits per heavy atom. The highest BCUT2D eigenvalue weighted by Gasteiger charge is 2.04. The summed E-state index contributed by atoms with van der Waals surface area (Å²) < 4.78 is 5.21. The third-order valence-corrected chi connectivity index (χ3v) is 2.23. The number of para-hydroxylation sites is 1. The molecule has 3 rings (SSSR count). The van der Waals surface area contributed by atoms with Crippen LogP contribution >= 0.6 is 0 Å². The molecule has 0 amide bonds. The molecule has 3 nitrogen and oxygen atoms in total. The molecule has 3 heteroatoms. The molecule has 0 bridgehead atoms. The zero-order valence-corrected chi connectivity index (χ0v) is 7.40. The summed E-state index contributed by atoms with van der Waals surface area (Å²) in [5.74, 6) is 0.765. The van der Waals surface area contributed by atoms with E-state index in [9.17, 15) is 0 Å². The van der Waals surface area contributed by atoms with Gasteiger partial charge < -0.3 is 9.40 Å². The van der Waals surface area contributed by atoms with Gasteiger partial charge in [-0.15, -0.1) is 0 Å². The minimum Gasteiger partial charge on any atom is -0.442 e. The van der Waals surface area contributed by atoms with Crippen LogP contribution in [-0.2, 0) is 0 Å². The summed E-state index contributed by atoms with van der Waals surface area (Å²) in [5, 5.41) is 1.18. The van der Waals surface area contributed by atoms with Gasteiger partial charge in [0.15, 0.2) is 12.2 Å². The highest BCUT2D eigenvalue weighted by atomic mass is 16.3. The summed E-state index contributed by atoms with van der Waals surface area (Å²) in [4.78, 5) is 7.15. The quantitative estimate of drug-likeness (QED) is 0.631. The standard InChI is InChI=1S/C11H8N2O/c1-2-4-9-8(3-1)5-10(13-9)11-6-12-7-14-11/h1-7,13H. The van der Waals surface area contributed by atoms with Crippen molar-refractivity contribution in [3.63, 3.8) is 0 Å². The van der Waals surface area contributed by atoms with Crippen LogP contribution in [0.3, 0.4) is 0 Å². The number of aromatic amines is 1. The van der Waals surface area contributed by atoms with E-state index < -0.39 is 0 Å². The molecule has 0 spiro atoms. The molecule has 1 aromatic carbocycles. The van der Waals surface area contributed by atoms with Crippen molar-refractivity contribution in [2.24, 2.45) is 0 Å². The Kier molecular flexibility index (Phi) is 1.44. The molecule has 2 aromatic heterocycles. The molecule has 0 unspecified atom stereocenters. The Bertz CT molecular complexity index is 518. The lowest BCUT2D eigenvalue weighted by atomic mass is 10.2. The SMILES string of the molecule is c1ccc2[nH]c(-c3cnco3)cc2c1. The average Bonchev–Trinajstić information content (AvgIpc) is 2.86. The van der Waals surface area contributed by atoms with Crippen molar-refractivity contribution in [3.05, 3.63) is 42.9 Å². The van der Waals surface area contributed by atoms with Gasteiger partial charge in [-0.25, -0.2) is 4.98 Å². The number of benzene rings is 1. The number of fused-ring (bicyclic) bond motifs is 1. The van der Waals surface area contributed by atoms with Crippen LogP contribution in [0.25, 0.3) is 22.4 Å². The first kappa shape index (κ1) is 7.38. The third-order valence-electron chi connectivity index (χ3n) is 2.23. The predicted molar refractivity (Wildman–Crippen MR) is 53.8 cm³/mol. The summed E-state index contributed by atoms with van der Waals surface area (Å²) in [6, 6.07) is 10.2. The molecule has 0 saturated heterocycles. The van der Waals surface area contributed by atoms with Crippen LogP contribution in [0.15, 0.2) is 47.3 Å². The van der Waals surface area contributed by atoms with E-state index >= 15 is 0 Å². The van der Waals surface area contributed by atoms with Crippen LogP contribution < -0.4 is 0 Å². The van der Waals surface area contributed by atoms with Crippen LogP contribution in [0, 0.1) is 0 Å². The second-order valence-corrected chi connectivity index (χ2v) is 3.14. The molecule has 68 valence electrons. The van der Waals surface area contributed by atoms with Crippen LogP contribution in [0.5, 0.6) is 0 Å². The number of nitrogens with one attached hydrogen (secondary N) is 1. The van der Waals surface area contributed by atoms with E-state index in [-0.39, 0.29) is 0 Å². The van der Waals surface area contributed by atoms with Gasteiger partial charge in [0.25, 0.3) is 0 Å². The molecular formula is C11H8N2O. The number of aromatic nitrogens is 2. The van der Waals surface area contributed by atoms with Gasteiger partial charge in [0.1, 0.15) is 0 Å². The zero-order chi connectivity index (χ0) is 9.38. The number of H-pyrrole nitrogens is 1. The third kappa shape index (κ3) is 1.03. The smallest absolute Gasteiger partial charge is 0.181 e. The molecule has 0 saturated carbocycles. The summed E-state index contributed by atoms with van der Waals surface area (Å²) in [5.41, 5.74) is 2.07. The summed E-state index contributed by atoms with van der Waals surface area (Å²) >= 11 is 0. The first-order valence-electron chi connectivity index (χ1n) is 4.40. The van der Waals surface area contributed by atoms with Crippen molar-refractivity contribution in [1.82, 2.24) is 9.97 Å². The molecule has 0 aliphatic rings. The van der Waals surface area contributed by atoms with Crippen LogP contribution in [0.4, 0.5) is 0 Å². The highest BCUT2D eigenvalue weighted by molar-refractivity contribution is 5.84. The molecule has 3 aromatic rings. The first-order valence-corrected chi connectivity index (χ1v) is 4.40. The van der Waals surface area contributed by atoms with Gasteiger partial charge in [-0.1, -0.05) is 18.2 Å². The van der Waals surface area contributed by atoms with E-state index in [1.165, 1.54) is 11.8 Å². The molecule has 14 heavy (non-hydrogen) atoms. The Balaban J connectivity index is 2.24. The maximum atomic E-state index is 5.21. The number of nitrogens with zero attached hydrogens (tertiary/aromatic N) is 1. The van der Waals surface area contributed by atoms with Gasteiger partial charge in [0.05, 0.1) is 11.9 Å². The van der Waals surface area contributed by atoms with Gasteiger partial charge in [-0.2, -0.15) is 0 Å². The van der Waals surface area contributed by atoms with E-state index in [1.54, 1.807) is 6.20 Å².